The molecule has 8 nitrogen and oxygen atoms in total. The smallest absolute Gasteiger partial charge is 0.328 e. The fourth-order valence-electron chi connectivity index (χ4n) is 1.65. The molecule has 1 aliphatic heterocycles. The van der Waals surface area contributed by atoms with Crippen molar-refractivity contribution in [3.05, 3.63) is 11.1 Å². The number of carbonyl (C=O) groups is 3. The predicted octanol–water partition coefficient (Wildman–Crippen LogP) is -0.132. The van der Waals surface area contributed by atoms with Crippen LogP contribution in [-0.2, 0) is 9.59 Å². The van der Waals surface area contributed by atoms with Crippen molar-refractivity contribution in [3.63, 3.8) is 0 Å². The first-order valence-corrected chi connectivity index (χ1v) is 6.28. The summed E-state index contributed by atoms with van der Waals surface area (Å²) in [6.07, 6.45) is 1.60. The second-order valence-electron chi connectivity index (χ2n) is 3.99. The van der Waals surface area contributed by atoms with Crippen LogP contribution in [0.3, 0.4) is 0 Å². The molecule has 0 aliphatic carbocycles. The van der Waals surface area contributed by atoms with E-state index in [2.05, 4.69) is 15.6 Å². The molecule has 2 rings (SSSR count). The van der Waals surface area contributed by atoms with Gasteiger partial charge in [0.15, 0.2) is 5.13 Å². The topological polar surface area (TPSA) is 112 Å². The van der Waals surface area contributed by atoms with Crippen molar-refractivity contribution in [1.82, 2.24) is 15.2 Å². The van der Waals surface area contributed by atoms with Crippen LogP contribution in [0.2, 0.25) is 0 Å². The molecular formula is C10H12N4O4S. The molecule has 1 unspecified atom stereocenters. The number of nitrogens with zero attached hydrogens (tertiary/aromatic N) is 2. The average Bonchev–Trinajstić information content (AvgIpc) is 2.74. The number of amides is 3. The summed E-state index contributed by atoms with van der Waals surface area (Å²) < 4.78 is 0. The summed E-state index contributed by atoms with van der Waals surface area (Å²) in [5.41, 5.74) is 0. The molecule has 1 aliphatic rings. The number of aliphatic carboxylic acids is 1. The van der Waals surface area contributed by atoms with Crippen LogP contribution in [0.1, 0.15) is 4.88 Å². The zero-order valence-electron chi connectivity index (χ0n) is 10.0. The summed E-state index contributed by atoms with van der Waals surface area (Å²) in [7, 11) is 0. The number of carbonyl (C=O) groups excluding carboxylic acids is 2. The van der Waals surface area contributed by atoms with E-state index in [1.165, 1.54) is 11.3 Å². The number of anilines is 1. The van der Waals surface area contributed by atoms with Crippen molar-refractivity contribution in [2.75, 3.05) is 18.4 Å². The first-order chi connectivity index (χ1) is 8.97. The van der Waals surface area contributed by atoms with Gasteiger partial charge in [-0.25, -0.2) is 14.6 Å². The van der Waals surface area contributed by atoms with E-state index in [1.54, 1.807) is 6.20 Å². The largest absolute Gasteiger partial charge is 0.480 e. The van der Waals surface area contributed by atoms with Gasteiger partial charge in [0.1, 0.15) is 12.6 Å². The second kappa shape index (κ2) is 5.22. The van der Waals surface area contributed by atoms with Gasteiger partial charge in [0.25, 0.3) is 0 Å². The number of aryl methyl sites for hydroxylation is 1. The van der Waals surface area contributed by atoms with Crippen molar-refractivity contribution in [1.29, 1.82) is 0 Å². The van der Waals surface area contributed by atoms with E-state index < -0.39 is 18.0 Å². The number of thiazole rings is 1. The Hall–Kier alpha value is -2.16. The number of carboxylic acids is 1. The van der Waals surface area contributed by atoms with Gasteiger partial charge in [-0.05, 0) is 6.92 Å². The van der Waals surface area contributed by atoms with E-state index >= 15 is 0 Å². The SMILES string of the molecule is Cc1cnc(NC(=O)N2CC(=O)NCC2C(=O)O)s1. The van der Waals surface area contributed by atoms with Crippen molar-refractivity contribution in [2.24, 2.45) is 0 Å². The lowest BCUT2D eigenvalue weighted by atomic mass is 10.2. The molecule has 1 aromatic heterocycles. The molecule has 1 saturated heterocycles. The molecule has 9 heteroatoms. The van der Waals surface area contributed by atoms with Gasteiger partial charge in [-0.15, -0.1) is 11.3 Å². The minimum absolute atomic E-state index is 0.0987. The van der Waals surface area contributed by atoms with Crippen LogP contribution in [0, 0.1) is 6.92 Å². The number of aromatic nitrogens is 1. The zero-order valence-corrected chi connectivity index (χ0v) is 10.9. The van der Waals surface area contributed by atoms with E-state index in [1.807, 2.05) is 6.92 Å². The summed E-state index contributed by atoms with van der Waals surface area (Å²) in [4.78, 5) is 40.1. The summed E-state index contributed by atoms with van der Waals surface area (Å²) in [6.45, 7) is 1.45. The highest BCUT2D eigenvalue weighted by Gasteiger charge is 2.35. The molecule has 0 saturated carbocycles. The standard InChI is InChI=1S/C10H12N4O4S/c1-5-2-12-9(19-5)13-10(18)14-4-7(15)11-3-6(14)8(16)17/h2,6H,3-4H2,1H3,(H,11,15)(H,16,17)(H,12,13,18). The van der Waals surface area contributed by atoms with E-state index in [4.69, 9.17) is 5.11 Å². The zero-order chi connectivity index (χ0) is 14.0. The predicted molar refractivity (Wildman–Crippen MR) is 67.0 cm³/mol. The van der Waals surface area contributed by atoms with Crippen LogP contribution in [0.4, 0.5) is 9.93 Å². The third-order valence-corrected chi connectivity index (χ3v) is 3.39. The summed E-state index contributed by atoms with van der Waals surface area (Å²) in [5.74, 6) is -1.55. The van der Waals surface area contributed by atoms with E-state index in [-0.39, 0.29) is 19.0 Å². The van der Waals surface area contributed by atoms with Crippen LogP contribution >= 0.6 is 11.3 Å². The molecule has 19 heavy (non-hydrogen) atoms. The number of hydrogen-bond donors (Lipinski definition) is 3. The van der Waals surface area contributed by atoms with Gasteiger partial charge in [0.2, 0.25) is 5.91 Å². The number of rotatable bonds is 2. The fourth-order valence-corrected chi connectivity index (χ4v) is 2.31. The van der Waals surface area contributed by atoms with Crippen LogP contribution in [0.15, 0.2) is 6.20 Å². The fraction of sp³-hybridized carbons (Fsp3) is 0.400. The van der Waals surface area contributed by atoms with Gasteiger partial charge in [-0.1, -0.05) is 0 Å². The van der Waals surface area contributed by atoms with Crippen LogP contribution in [0.25, 0.3) is 0 Å². The van der Waals surface area contributed by atoms with Crippen LogP contribution in [-0.4, -0.2) is 52.0 Å². The maximum atomic E-state index is 12.0. The van der Waals surface area contributed by atoms with Crippen LogP contribution in [0.5, 0.6) is 0 Å². The molecule has 1 fully saturated rings. The Bertz CT molecular complexity index is 529. The summed E-state index contributed by atoms with van der Waals surface area (Å²) >= 11 is 1.27. The molecule has 0 spiro atoms. The lowest BCUT2D eigenvalue weighted by Crippen LogP contribution is -2.60. The highest BCUT2D eigenvalue weighted by atomic mass is 32.1. The lowest BCUT2D eigenvalue weighted by molar-refractivity contribution is -0.144. The first-order valence-electron chi connectivity index (χ1n) is 5.47. The Labute approximate surface area is 112 Å². The number of piperazine rings is 1. The number of carboxylic acid groups (broad SMARTS) is 1. The van der Waals surface area contributed by atoms with Crippen molar-refractivity contribution < 1.29 is 19.5 Å². The molecule has 1 aromatic rings. The third-order valence-electron chi connectivity index (χ3n) is 2.56. The van der Waals surface area contributed by atoms with E-state index in [0.717, 1.165) is 9.78 Å². The number of hydrogen-bond acceptors (Lipinski definition) is 5. The molecule has 1 atom stereocenters. The maximum absolute atomic E-state index is 12.0. The molecule has 0 bridgehead atoms. The second-order valence-corrected chi connectivity index (χ2v) is 5.23. The third kappa shape index (κ3) is 2.99. The molecule has 0 radical (unpaired) electrons. The highest BCUT2D eigenvalue weighted by molar-refractivity contribution is 7.15. The quantitative estimate of drug-likeness (QED) is 0.700. The van der Waals surface area contributed by atoms with Crippen molar-refractivity contribution >= 4 is 34.4 Å². The molecule has 3 N–H and O–H groups in total. The summed E-state index contributed by atoms with van der Waals surface area (Å²) in [6, 6.07) is -1.71. The van der Waals surface area contributed by atoms with E-state index in [0.29, 0.717) is 5.13 Å². The van der Waals surface area contributed by atoms with Gasteiger partial charge in [0.05, 0.1) is 0 Å². The van der Waals surface area contributed by atoms with Crippen molar-refractivity contribution in [3.8, 4) is 0 Å². The van der Waals surface area contributed by atoms with Gasteiger partial charge >= 0.3 is 12.0 Å². The summed E-state index contributed by atoms with van der Waals surface area (Å²) in [5, 5.41) is 14.3. The first kappa shape index (κ1) is 13.3. The number of urea groups is 1. The normalized spacial score (nSPS) is 18.9. The Kier molecular flexibility index (Phi) is 3.65. The Morgan fingerprint density at radius 3 is 2.95 bits per heavy atom. The van der Waals surface area contributed by atoms with Gasteiger partial charge < -0.3 is 10.4 Å². The van der Waals surface area contributed by atoms with Gasteiger partial charge in [-0.3, -0.25) is 15.0 Å². The molecular weight excluding hydrogens is 272 g/mol. The van der Waals surface area contributed by atoms with Gasteiger partial charge in [-0.2, -0.15) is 0 Å². The highest BCUT2D eigenvalue weighted by Crippen LogP contribution is 2.17. The Morgan fingerprint density at radius 1 is 1.63 bits per heavy atom. The number of nitrogens with one attached hydrogen (secondary N) is 2. The Balaban J connectivity index is 2.10. The minimum Gasteiger partial charge on any atom is -0.480 e. The average molecular weight is 284 g/mol. The molecule has 0 aromatic carbocycles. The monoisotopic (exact) mass is 284 g/mol. The van der Waals surface area contributed by atoms with Gasteiger partial charge in [0, 0.05) is 17.6 Å². The van der Waals surface area contributed by atoms with E-state index in [9.17, 15) is 14.4 Å². The maximum Gasteiger partial charge on any atom is 0.328 e. The van der Waals surface area contributed by atoms with Crippen molar-refractivity contribution in [2.45, 2.75) is 13.0 Å². The molecule has 3 amide bonds. The lowest BCUT2D eigenvalue weighted by Gasteiger charge is -2.32. The Morgan fingerprint density at radius 2 is 2.37 bits per heavy atom. The minimum atomic E-state index is -1.16. The van der Waals surface area contributed by atoms with Crippen LogP contribution < -0.4 is 10.6 Å². The molecule has 2 heterocycles. The molecule has 102 valence electrons.